The van der Waals surface area contributed by atoms with Crippen molar-refractivity contribution in [3.63, 3.8) is 0 Å². The van der Waals surface area contributed by atoms with Crippen molar-refractivity contribution in [3.8, 4) is 5.75 Å². The molecule has 2 bridgehead atoms. The van der Waals surface area contributed by atoms with Crippen molar-refractivity contribution in [2.75, 3.05) is 13.2 Å². The molecule has 0 saturated carbocycles. The van der Waals surface area contributed by atoms with Crippen molar-refractivity contribution in [1.29, 1.82) is 0 Å². The van der Waals surface area contributed by atoms with E-state index < -0.39 is 64.5 Å². The van der Waals surface area contributed by atoms with Crippen LogP contribution in [-0.4, -0.2) is 84.3 Å². The first kappa shape index (κ1) is 35.2. The van der Waals surface area contributed by atoms with E-state index in [1.165, 1.54) is 12.1 Å². The van der Waals surface area contributed by atoms with Gasteiger partial charge < -0.3 is 35.9 Å². The summed E-state index contributed by atoms with van der Waals surface area (Å²) < 4.78 is 5.21. The smallest absolute Gasteiger partial charge is 0.248 e. The molecule has 0 aliphatic carbocycles. The topological polar surface area (TPSA) is 199 Å². The maximum atomic E-state index is 13.6. The van der Waals surface area contributed by atoms with E-state index in [9.17, 15) is 29.4 Å². The van der Waals surface area contributed by atoms with E-state index in [-0.39, 0.29) is 36.3 Å². The van der Waals surface area contributed by atoms with Gasteiger partial charge in [0.1, 0.15) is 34.0 Å². The van der Waals surface area contributed by atoms with E-state index in [1.54, 1.807) is 19.1 Å². The molecule has 0 saturated heterocycles. The van der Waals surface area contributed by atoms with Crippen molar-refractivity contribution >= 4 is 46.2 Å². The summed E-state index contributed by atoms with van der Waals surface area (Å²) in [7, 11) is 0. The van der Waals surface area contributed by atoms with E-state index >= 15 is 0 Å². The third kappa shape index (κ3) is 9.11. The summed E-state index contributed by atoms with van der Waals surface area (Å²) in [5.41, 5.74) is 0.671. The van der Waals surface area contributed by atoms with Gasteiger partial charge in [-0.25, -0.2) is 0 Å². The van der Waals surface area contributed by atoms with Crippen molar-refractivity contribution < 1.29 is 33.8 Å². The molecular weight excluding hydrogens is 685 g/mol. The molecule has 2 aromatic rings. The van der Waals surface area contributed by atoms with Gasteiger partial charge in [0.25, 0.3) is 0 Å². The van der Waals surface area contributed by atoms with E-state index in [0.717, 1.165) is 0 Å². The second kappa shape index (κ2) is 16.1. The van der Waals surface area contributed by atoms with Crippen LogP contribution in [0.3, 0.4) is 0 Å². The number of fused-ring (bicyclic) bond motifs is 2. The zero-order chi connectivity index (χ0) is 32.6. The summed E-state index contributed by atoms with van der Waals surface area (Å²) in [6.45, 7) is 8.93. The highest BCUT2D eigenvalue weighted by molar-refractivity contribution is 14.1. The summed E-state index contributed by atoms with van der Waals surface area (Å²) in [6, 6.07) is 1.61. The fourth-order valence-electron chi connectivity index (χ4n) is 4.93. The summed E-state index contributed by atoms with van der Waals surface area (Å²) in [5.74, 6) is -1.95. The van der Waals surface area contributed by atoms with Gasteiger partial charge in [0.15, 0.2) is 0 Å². The number of halogens is 1. The number of benzene rings is 1. The van der Waals surface area contributed by atoms with Gasteiger partial charge in [-0.15, -0.1) is 10.2 Å². The predicted molar refractivity (Wildman–Crippen MR) is 168 cm³/mol. The number of nitrogens with one attached hydrogen (secondary N) is 4. The van der Waals surface area contributed by atoms with Gasteiger partial charge in [-0.2, -0.15) is 0 Å². The van der Waals surface area contributed by atoms with Crippen LogP contribution in [0.5, 0.6) is 5.75 Å². The molecule has 0 spiro atoms. The predicted octanol–water partition coefficient (Wildman–Crippen LogP) is 1.24. The van der Waals surface area contributed by atoms with E-state index in [1.807, 2.05) is 55.2 Å². The zero-order valence-corrected chi connectivity index (χ0v) is 27.7. The minimum Gasteiger partial charge on any atom is -0.508 e. The number of hydrogen-bond acceptors (Lipinski definition) is 10. The third-order valence-electron chi connectivity index (χ3n) is 7.29. The number of phenols is 1. The highest BCUT2D eigenvalue weighted by Crippen LogP contribution is 2.29. The number of aliphatic hydroxyl groups excluding tert-OH is 1. The second-order valence-corrected chi connectivity index (χ2v) is 12.3. The number of aliphatic hydroxyl groups is 1. The molecule has 44 heavy (non-hydrogen) atoms. The van der Waals surface area contributed by atoms with Gasteiger partial charge in [-0.3, -0.25) is 24.1 Å². The Morgan fingerprint density at radius 3 is 2.05 bits per heavy atom. The fourth-order valence-corrected chi connectivity index (χ4v) is 5.89. The number of likely N-dealkylation sites (N-methyl/N-ethyl adjacent to an activating group) is 1. The number of hydrogen-bond donors (Lipinski definition) is 6. The van der Waals surface area contributed by atoms with E-state index in [2.05, 4.69) is 31.5 Å². The van der Waals surface area contributed by atoms with Crippen LogP contribution in [0.15, 0.2) is 28.7 Å². The SMILES string of the molecule is CCC1c2nnc(o2)[C@H](C)NC(=O)[C@H](Cc2ccc(O)cc2)NC(=O)[C@H](CC(C)C)NC(=O)[C@H](CO)NC(=O)[C@H](I)N1CC. The van der Waals surface area contributed by atoms with Gasteiger partial charge in [0, 0.05) is 6.42 Å². The van der Waals surface area contributed by atoms with Crippen LogP contribution in [0.2, 0.25) is 0 Å². The summed E-state index contributed by atoms with van der Waals surface area (Å²) in [6.07, 6.45) is 0.831. The first-order chi connectivity index (χ1) is 20.9. The average Bonchev–Trinajstić information content (AvgIpc) is 3.47. The first-order valence-corrected chi connectivity index (χ1v) is 16.0. The molecule has 2 heterocycles. The van der Waals surface area contributed by atoms with Crippen LogP contribution in [0, 0.1) is 5.92 Å². The molecule has 242 valence electrons. The Hall–Kier alpha value is -3.31. The van der Waals surface area contributed by atoms with Gasteiger partial charge in [-0.05, 0) is 49.9 Å². The Bertz CT molecular complexity index is 1290. The van der Waals surface area contributed by atoms with Crippen LogP contribution in [0.1, 0.15) is 76.9 Å². The quantitative estimate of drug-likeness (QED) is 0.137. The van der Waals surface area contributed by atoms with Crippen LogP contribution < -0.4 is 21.3 Å². The van der Waals surface area contributed by atoms with Gasteiger partial charge >= 0.3 is 0 Å². The third-order valence-corrected chi connectivity index (χ3v) is 8.58. The highest BCUT2D eigenvalue weighted by atomic mass is 127. The number of alkyl halides is 1. The number of nitrogens with zero attached hydrogens (tertiary/aromatic N) is 3. The molecule has 6 N–H and O–H groups in total. The Balaban J connectivity index is 2.04. The molecule has 3 rings (SSSR count). The van der Waals surface area contributed by atoms with Crippen LogP contribution in [-0.2, 0) is 25.6 Å². The number of carbonyl (C=O) groups excluding carboxylic acids is 4. The van der Waals surface area contributed by atoms with E-state index in [0.29, 0.717) is 18.5 Å². The molecular formula is C29H42IN7O7. The number of aromatic hydroxyl groups is 1. The molecule has 1 unspecified atom stereocenters. The lowest BCUT2D eigenvalue weighted by Gasteiger charge is -2.32. The fraction of sp³-hybridized carbons (Fsp3) is 0.586. The molecule has 6 atom stereocenters. The largest absolute Gasteiger partial charge is 0.508 e. The molecule has 1 aliphatic heterocycles. The molecule has 1 aromatic carbocycles. The first-order valence-electron chi connectivity index (χ1n) is 14.7. The van der Waals surface area contributed by atoms with Gasteiger partial charge in [0.05, 0.1) is 12.6 Å². The van der Waals surface area contributed by atoms with Gasteiger partial charge in [-0.1, -0.05) is 62.4 Å². The monoisotopic (exact) mass is 727 g/mol. The standard InChI is InChI=1S/C29H42IN7O7/c1-6-22-29-36-35-28(44-29)16(5)31-24(40)20(13-17-8-10-18(39)11-9-17)33-25(41)19(12-15(3)4)32-26(42)21(14-38)34-27(43)23(30)37(22)7-2/h8-11,15-16,19-23,38-39H,6-7,12-14H2,1-5H3,(H,31,40)(H,32,42)(H,33,41)(H,34,43)/t16-,19-,20-,21-,22?,23+/m0/s1. The minimum atomic E-state index is -1.33. The van der Waals surface area contributed by atoms with E-state index in [4.69, 9.17) is 4.42 Å². The molecule has 0 radical (unpaired) electrons. The van der Waals surface area contributed by atoms with Crippen LogP contribution >= 0.6 is 22.6 Å². The van der Waals surface area contributed by atoms with Crippen molar-refractivity contribution in [2.45, 2.75) is 88.1 Å². The summed E-state index contributed by atoms with van der Waals surface area (Å²) in [5, 5.41) is 38.9. The summed E-state index contributed by atoms with van der Waals surface area (Å²) in [4.78, 5) is 55.6. The number of phenolic OH excluding ortho intramolecular Hbond substituents is 1. The Kier molecular flexibility index (Phi) is 12.9. The minimum absolute atomic E-state index is 0.0231. The maximum absolute atomic E-state index is 13.6. The molecule has 0 fully saturated rings. The maximum Gasteiger partial charge on any atom is 0.248 e. The number of aromatic nitrogens is 2. The van der Waals surface area contributed by atoms with Crippen molar-refractivity contribution in [2.24, 2.45) is 5.92 Å². The molecule has 4 amide bonds. The number of rotatable bonds is 7. The Morgan fingerprint density at radius 1 is 0.886 bits per heavy atom. The Morgan fingerprint density at radius 2 is 1.45 bits per heavy atom. The zero-order valence-electron chi connectivity index (χ0n) is 25.5. The lowest BCUT2D eigenvalue weighted by atomic mass is 10.0. The molecule has 14 nitrogen and oxygen atoms in total. The van der Waals surface area contributed by atoms with Crippen molar-refractivity contribution in [3.05, 3.63) is 41.6 Å². The molecule has 15 heteroatoms. The number of carbonyl (C=O) groups is 4. The van der Waals surface area contributed by atoms with Gasteiger partial charge in [0.2, 0.25) is 35.4 Å². The van der Waals surface area contributed by atoms with Crippen LogP contribution in [0.4, 0.5) is 0 Å². The lowest BCUT2D eigenvalue weighted by molar-refractivity contribution is -0.135. The Labute approximate surface area is 270 Å². The second-order valence-electron chi connectivity index (χ2n) is 11.2. The van der Waals surface area contributed by atoms with Crippen LogP contribution in [0.25, 0.3) is 0 Å². The highest BCUT2D eigenvalue weighted by Gasteiger charge is 2.36. The lowest BCUT2D eigenvalue weighted by Crippen LogP contribution is -2.59. The molecule has 1 aliphatic rings. The average molecular weight is 728 g/mol. The normalized spacial score (nSPS) is 26.3. The molecule has 1 aromatic heterocycles. The number of amides is 4. The van der Waals surface area contributed by atoms with Crippen molar-refractivity contribution in [1.82, 2.24) is 36.4 Å². The summed E-state index contributed by atoms with van der Waals surface area (Å²) >= 11 is 1.95.